The van der Waals surface area contributed by atoms with Crippen LogP contribution in [0.1, 0.15) is 32.1 Å². The summed E-state index contributed by atoms with van der Waals surface area (Å²) >= 11 is 0. The molecule has 1 aromatic carbocycles. The first-order valence-corrected chi connectivity index (χ1v) is 7.17. The first-order valence-electron chi connectivity index (χ1n) is 7.17. The lowest BCUT2D eigenvalue weighted by molar-refractivity contribution is -0.119. The van der Waals surface area contributed by atoms with Crippen LogP contribution in [0.4, 0.5) is 16.2 Å². The zero-order chi connectivity index (χ0) is 14.1. The highest BCUT2D eigenvalue weighted by Gasteiger charge is 2.43. The Morgan fingerprint density at radius 3 is 2.60 bits per heavy atom. The summed E-state index contributed by atoms with van der Waals surface area (Å²) in [5.74, 6) is 0.124. The van der Waals surface area contributed by atoms with Crippen LogP contribution >= 0.6 is 0 Å². The quantitative estimate of drug-likeness (QED) is 0.641. The van der Waals surface area contributed by atoms with Crippen molar-refractivity contribution in [3.8, 4) is 0 Å². The number of anilines is 2. The van der Waals surface area contributed by atoms with Gasteiger partial charge in [0.15, 0.2) is 0 Å². The van der Waals surface area contributed by atoms with E-state index in [1.165, 1.54) is 11.3 Å². The first kappa shape index (κ1) is 13.0. The summed E-state index contributed by atoms with van der Waals surface area (Å²) in [7, 11) is 0. The van der Waals surface area contributed by atoms with E-state index in [1.54, 1.807) is 24.3 Å². The van der Waals surface area contributed by atoms with Crippen molar-refractivity contribution in [1.29, 1.82) is 0 Å². The number of carbonyl (C=O) groups is 2. The Hall–Kier alpha value is -2.04. The molecule has 1 unspecified atom stereocenters. The van der Waals surface area contributed by atoms with Crippen LogP contribution in [0.2, 0.25) is 0 Å². The van der Waals surface area contributed by atoms with Gasteiger partial charge in [0.25, 0.3) is 5.91 Å². The number of imide groups is 1. The molecule has 106 valence electrons. The van der Waals surface area contributed by atoms with Crippen LogP contribution in [0, 0.1) is 5.92 Å². The van der Waals surface area contributed by atoms with E-state index in [0.717, 1.165) is 25.7 Å². The fourth-order valence-corrected chi connectivity index (χ4v) is 3.19. The summed E-state index contributed by atoms with van der Waals surface area (Å²) in [6, 6.07) is 6.16. The molecule has 3 N–H and O–H groups in total. The van der Waals surface area contributed by atoms with Crippen molar-refractivity contribution in [2.75, 3.05) is 10.6 Å². The molecule has 1 saturated carbocycles. The molecule has 1 aromatic rings. The van der Waals surface area contributed by atoms with Crippen molar-refractivity contribution < 1.29 is 9.59 Å². The predicted octanol–water partition coefficient (Wildman–Crippen LogP) is 2.27. The van der Waals surface area contributed by atoms with Gasteiger partial charge in [0, 0.05) is 5.69 Å². The second-order valence-electron chi connectivity index (χ2n) is 5.59. The number of nitrogens with one attached hydrogen (secondary N) is 1. The fraction of sp³-hybridized carbons (Fsp3) is 0.467. The summed E-state index contributed by atoms with van der Waals surface area (Å²) in [5.41, 5.74) is 6.82. The largest absolute Gasteiger partial charge is 0.399 e. The molecule has 20 heavy (non-hydrogen) atoms. The number of hydrogen-bond acceptors (Lipinski definition) is 3. The number of nitrogens with zero attached hydrogens (tertiary/aromatic N) is 1. The highest BCUT2D eigenvalue weighted by molar-refractivity contribution is 6.21. The van der Waals surface area contributed by atoms with Gasteiger partial charge in [0.05, 0.1) is 5.69 Å². The molecule has 2 fully saturated rings. The van der Waals surface area contributed by atoms with E-state index in [2.05, 4.69) is 5.32 Å². The van der Waals surface area contributed by atoms with Crippen LogP contribution in [0.25, 0.3) is 0 Å². The highest BCUT2D eigenvalue weighted by Crippen LogP contribution is 2.31. The Morgan fingerprint density at radius 2 is 1.90 bits per heavy atom. The van der Waals surface area contributed by atoms with Gasteiger partial charge in [-0.1, -0.05) is 25.3 Å². The van der Waals surface area contributed by atoms with E-state index < -0.39 is 0 Å². The Balaban J connectivity index is 1.83. The van der Waals surface area contributed by atoms with Gasteiger partial charge >= 0.3 is 6.03 Å². The molecular weight excluding hydrogens is 254 g/mol. The highest BCUT2D eigenvalue weighted by atomic mass is 16.2. The normalized spacial score (nSPS) is 24.0. The zero-order valence-electron chi connectivity index (χ0n) is 11.3. The Morgan fingerprint density at radius 1 is 1.15 bits per heavy atom. The molecule has 5 heteroatoms. The molecule has 3 rings (SSSR count). The number of nitrogen functional groups attached to an aromatic ring is 1. The molecule has 0 aromatic heterocycles. The minimum atomic E-state index is -0.371. The minimum Gasteiger partial charge on any atom is -0.399 e. The third-order valence-electron chi connectivity index (χ3n) is 4.22. The summed E-state index contributed by atoms with van der Waals surface area (Å²) in [6.45, 7) is 0. The number of rotatable bonds is 2. The number of carbonyl (C=O) groups excluding carboxylic acids is 2. The third kappa shape index (κ3) is 2.24. The fourth-order valence-electron chi connectivity index (χ4n) is 3.19. The van der Waals surface area contributed by atoms with E-state index in [0.29, 0.717) is 11.4 Å². The minimum absolute atomic E-state index is 0.146. The van der Waals surface area contributed by atoms with Crippen molar-refractivity contribution in [3.05, 3.63) is 24.3 Å². The van der Waals surface area contributed by atoms with Crippen LogP contribution in [0.15, 0.2) is 24.3 Å². The van der Waals surface area contributed by atoms with Crippen molar-refractivity contribution in [2.24, 2.45) is 5.92 Å². The SMILES string of the molecule is Nc1cccc(N2C(=O)NC(C3CCCCC3)C2=O)c1. The smallest absolute Gasteiger partial charge is 0.329 e. The number of hydrogen-bond donors (Lipinski definition) is 2. The summed E-state index contributed by atoms with van der Waals surface area (Å²) in [5, 5.41) is 2.84. The summed E-state index contributed by atoms with van der Waals surface area (Å²) in [6.07, 6.45) is 5.54. The maximum atomic E-state index is 12.5. The molecule has 1 aliphatic carbocycles. The maximum absolute atomic E-state index is 12.5. The molecule has 1 atom stereocenters. The summed E-state index contributed by atoms with van der Waals surface area (Å²) < 4.78 is 0. The Labute approximate surface area is 118 Å². The van der Waals surface area contributed by atoms with E-state index in [9.17, 15) is 9.59 Å². The topological polar surface area (TPSA) is 75.4 Å². The standard InChI is InChI=1S/C15H19N3O2/c16-11-7-4-8-12(9-11)18-14(19)13(17-15(18)20)10-5-2-1-3-6-10/h4,7-10,13H,1-3,5-6,16H2,(H,17,20). The van der Waals surface area contributed by atoms with Crippen LogP contribution in [-0.2, 0) is 4.79 Å². The van der Waals surface area contributed by atoms with Gasteiger partial charge in [-0.05, 0) is 37.0 Å². The van der Waals surface area contributed by atoms with Crippen LogP contribution in [-0.4, -0.2) is 18.0 Å². The average Bonchev–Trinajstić information content (AvgIpc) is 2.75. The monoisotopic (exact) mass is 273 g/mol. The van der Waals surface area contributed by atoms with Gasteiger partial charge in [-0.3, -0.25) is 4.79 Å². The maximum Gasteiger partial charge on any atom is 0.329 e. The van der Waals surface area contributed by atoms with Gasteiger partial charge in [-0.25, -0.2) is 9.69 Å². The molecule has 1 aliphatic heterocycles. The van der Waals surface area contributed by atoms with Gasteiger partial charge in [-0.2, -0.15) is 0 Å². The van der Waals surface area contributed by atoms with Crippen molar-refractivity contribution >= 4 is 23.3 Å². The van der Waals surface area contributed by atoms with Gasteiger partial charge < -0.3 is 11.1 Å². The predicted molar refractivity (Wildman–Crippen MR) is 77.2 cm³/mol. The van der Waals surface area contributed by atoms with Gasteiger partial charge in [0.1, 0.15) is 6.04 Å². The lowest BCUT2D eigenvalue weighted by Crippen LogP contribution is -2.38. The molecule has 0 spiro atoms. The van der Waals surface area contributed by atoms with Crippen LogP contribution in [0.3, 0.4) is 0 Å². The summed E-state index contributed by atoms with van der Waals surface area (Å²) in [4.78, 5) is 25.8. The average molecular weight is 273 g/mol. The molecule has 1 saturated heterocycles. The first-order chi connectivity index (χ1) is 9.66. The van der Waals surface area contributed by atoms with Gasteiger partial charge in [-0.15, -0.1) is 0 Å². The molecule has 3 amide bonds. The van der Waals surface area contributed by atoms with E-state index in [-0.39, 0.29) is 23.9 Å². The van der Waals surface area contributed by atoms with Crippen LogP contribution < -0.4 is 16.0 Å². The van der Waals surface area contributed by atoms with E-state index in [1.807, 2.05) is 0 Å². The Bertz CT molecular complexity index is 538. The van der Waals surface area contributed by atoms with Crippen molar-refractivity contribution in [1.82, 2.24) is 5.32 Å². The lowest BCUT2D eigenvalue weighted by Gasteiger charge is -2.25. The molecule has 0 bridgehead atoms. The number of nitrogens with two attached hydrogens (primary N) is 1. The van der Waals surface area contributed by atoms with Gasteiger partial charge in [0.2, 0.25) is 0 Å². The van der Waals surface area contributed by atoms with Crippen LogP contribution in [0.5, 0.6) is 0 Å². The molecular formula is C15H19N3O2. The zero-order valence-corrected chi connectivity index (χ0v) is 11.3. The number of benzene rings is 1. The van der Waals surface area contributed by atoms with Crippen molar-refractivity contribution in [3.63, 3.8) is 0 Å². The van der Waals surface area contributed by atoms with E-state index in [4.69, 9.17) is 5.73 Å². The van der Waals surface area contributed by atoms with Crippen molar-refractivity contribution in [2.45, 2.75) is 38.1 Å². The second kappa shape index (κ2) is 5.15. The number of amides is 3. The molecule has 5 nitrogen and oxygen atoms in total. The molecule has 2 aliphatic rings. The van der Waals surface area contributed by atoms with E-state index >= 15 is 0 Å². The Kier molecular flexibility index (Phi) is 3.34. The number of urea groups is 1. The third-order valence-corrected chi connectivity index (χ3v) is 4.22. The molecule has 1 heterocycles. The second-order valence-corrected chi connectivity index (χ2v) is 5.59. The molecule has 0 radical (unpaired) electrons. The lowest BCUT2D eigenvalue weighted by atomic mass is 9.84.